The van der Waals surface area contributed by atoms with Crippen LogP contribution in [0.15, 0.2) is 11.8 Å². The zero-order valence-corrected chi connectivity index (χ0v) is 10.9. The van der Waals surface area contributed by atoms with Gasteiger partial charge < -0.3 is 29.2 Å². The van der Waals surface area contributed by atoms with Crippen molar-refractivity contribution in [3.05, 3.63) is 11.8 Å². The molecule has 2 fully saturated rings. The summed E-state index contributed by atoms with van der Waals surface area (Å²) in [6.07, 6.45) is 1.89. The number of aliphatic hydroxyl groups excluding tert-OH is 1. The molecule has 19 heavy (non-hydrogen) atoms. The first-order valence-corrected chi connectivity index (χ1v) is 6.07. The van der Waals surface area contributed by atoms with Gasteiger partial charge in [-0.2, -0.15) is 0 Å². The molecule has 0 aromatic heterocycles. The zero-order chi connectivity index (χ0) is 14.1. The second-order valence-electron chi connectivity index (χ2n) is 4.15. The van der Waals surface area contributed by atoms with Crippen LogP contribution >= 0.6 is 0 Å². The lowest BCUT2D eigenvalue weighted by Crippen LogP contribution is -2.06. The molecule has 110 valence electrons. The highest BCUT2D eigenvalue weighted by molar-refractivity contribution is 5.85. The molecule has 2 aliphatic heterocycles. The van der Waals surface area contributed by atoms with Gasteiger partial charge in [-0.25, -0.2) is 4.79 Å². The van der Waals surface area contributed by atoms with Gasteiger partial charge in [0, 0.05) is 0 Å². The summed E-state index contributed by atoms with van der Waals surface area (Å²) in [5, 5.41) is 16.5. The van der Waals surface area contributed by atoms with Gasteiger partial charge in [0.2, 0.25) is 0 Å². The van der Waals surface area contributed by atoms with Gasteiger partial charge in [-0.1, -0.05) is 0 Å². The first-order chi connectivity index (χ1) is 9.13. The SMILES string of the molecule is C(OCC1CO1)C1CO1.CC(=COCCO)C(=O)O. The fraction of sp³-hybridized carbons (Fsp3) is 0.750. The number of hydrogen-bond donors (Lipinski definition) is 2. The number of carboxylic acids is 1. The fourth-order valence-corrected chi connectivity index (χ4v) is 0.947. The van der Waals surface area contributed by atoms with Crippen LogP contribution in [0.5, 0.6) is 0 Å². The molecule has 7 heteroatoms. The maximum Gasteiger partial charge on any atom is 0.334 e. The third kappa shape index (κ3) is 9.43. The van der Waals surface area contributed by atoms with Gasteiger partial charge >= 0.3 is 5.97 Å². The van der Waals surface area contributed by atoms with Crippen LogP contribution in [0.4, 0.5) is 0 Å². The summed E-state index contributed by atoms with van der Waals surface area (Å²) < 4.78 is 19.7. The molecule has 0 spiro atoms. The summed E-state index contributed by atoms with van der Waals surface area (Å²) in [7, 11) is 0. The van der Waals surface area contributed by atoms with E-state index >= 15 is 0 Å². The van der Waals surface area contributed by atoms with E-state index in [0.29, 0.717) is 12.2 Å². The lowest BCUT2D eigenvalue weighted by atomic mass is 10.3. The van der Waals surface area contributed by atoms with Crippen molar-refractivity contribution in [2.24, 2.45) is 0 Å². The van der Waals surface area contributed by atoms with Gasteiger partial charge in [0.1, 0.15) is 18.8 Å². The molecular formula is C12H20O7. The average Bonchev–Trinajstić information content (AvgIpc) is 3.24. The lowest BCUT2D eigenvalue weighted by Gasteiger charge is -1.96. The van der Waals surface area contributed by atoms with Crippen molar-refractivity contribution in [3.63, 3.8) is 0 Å². The van der Waals surface area contributed by atoms with Gasteiger partial charge in [-0.15, -0.1) is 0 Å². The van der Waals surface area contributed by atoms with Crippen molar-refractivity contribution in [2.75, 3.05) is 39.6 Å². The molecule has 0 aromatic carbocycles. The molecule has 2 aliphatic rings. The van der Waals surface area contributed by atoms with E-state index < -0.39 is 5.97 Å². The third-order valence-corrected chi connectivity index (χ3v) is 2.22. The largest absolute Gasteiger partial charge is 0.498 e. The predicted molar refractivity (Wildman–Crippen MR) is 64.7 cm³/mol. The molecule has 0 aromatic rings. The van der Waals surface area contributed by atoms with Crippen molar-refractivity contribution in [1.82, 2.24) is 0 Å². The smallest absolute Gasteiger partial charge is 0.334 e. The number of carbonyl (C=O) groups is 1. The summed E-state index contributed by atoms with van der Waals surface area (Å²) in [6.45, 7) is 4.70. The Bertz CT molecular complexity index is 282. The van der Waals surface area contributed by atoms with Crippen molar-refractivity contribution in [3.8, 4) is 0 Å². The van der Waals surface area contributed by atoms with Crippen LogP contribution in [0.3, 0.4) is 0 Å². The Morgan fingerprint density at radius 3 is 2.21 bits per heavy atom. The molecule has 2 unspecified atom stereocenters. The van der Waals surface area contributed by atoms with E-state index in [2.05, 4.69) is 4.74 Å². The number of epoxide rings is 2. The van der Waals surface area contributed by atoms with Crippen molar-refractivity contribution >= 4 is 5.97 Å². The molecule has 0 amide bonds. The normalized spacial score (nSPS) is 24.2. The monoisotopic (exact) mass is 276 g/mol. The predicted octanol–water partition coefficient (Wildman–Crippen LogP) is -0.216. The Hall–Kier alpha value is -1.15. The average molecular weight is 276 g/mol. The fourth-order valence-electron chi connectivity index (χ4n) is 0.947. The van der Waals surface area contributed by atoms with E-state index in [1.54, 1.807) is 0 Å². The maximum absolute atomic E-state index is 10.1. The zero-order valence-electron chi connectivity index (χ0n) is 10.9. The minimum Gasteiger partial charge on any atom is -0.498 e. The summed E-state index contributed by atoms with van der Waals surface area (Å²) in [4.78, 5) is 10.1. The van der Waals surface area contributed by atoms with Gasteiger partial charge in [0.05, 0.1) is 44.9 Å². The molecule has 2 saturated heterocycles. The highest BCUT2D eigenvalue weighted by Crippen LogP contribution is 2.12. The Balaban J connectivity index is 0.000000190. The number of aliphatic carboxylic acids is 1. The van der Waals surface area contributed by atoms with E-state index in [1.807, 2.05) is 0 Å². The Labute approximate surface area is 111 Å². The van der Waals surface area contributed by atoms with E-state index in [-0.39, 0.29) is 18.8 Å². The molecular weight excluding hydrogens is 256 g/mol. The van der Waals surface area contributed by atoms with Crippen LogP contribution in [0, 0.1) is 0 Å². The van der Waals surface area contributed by atoms with Crippen LogP contribution in [-0.2, 0) is 23.7 Å². The minimum absolute atomic E-state index is 0.108. The standard InChI is InChI=1S/C6H10O4.C6H10O3/c1-5(6(8)9)4-10-3-2-7;1(5-3-8-5)7-2-6-4-9-6/h4,7H,2-3H2,1H3,(H,8,9);5-6H,1-4H2. The molecule has 2 atom stereocenters. The quantitative estimate of drug-likeness (QED) is 0.273. The molecule has 7 nitrogen and oxygen atoms in total. The molecule has 0 radical (unpaired) electrons. The van der Waals surface area contributed by atoms with Crippen LogP contribution in [-0.4, -0.2) is 68.0 Å². The van der Waals surface area contributed by atoms with Crippen molar-refractivity contribution in [1.29, 1.82) is 0 Å². The maximum atomic E-state index is 10.1. The van der Waals surface area contributed by atoms with E-state index in [0.717, 1.165) is 32.7 Å². The second kappa shape index (κ2) is 8.87. The highest BCUT2D eigenvalue weighted by atomic mass is 16.6. The van der Waals surface area contributed by atoms with Gasteiger partial charge in [0.25, 0.3) is 0 Å². The number of aliphatic hydroxyl groups is 1. The summed E-state index contributed by atoms with van der Waals surface area (Å²) in [5.74, 6) is -1.02. The van der Waals surface area contributed by atoms with Crippen LogP contribution in [0.2, 0.25) is 0 Å². The van der Waals surface area contributed by atoms with Crippen molar-refractivity contribution < 1.29 is 34.0 Å². The molecule has 2 heterocycles. The van der Waals surface area contributed by atoms with Crippen LogP contribution in [0.1, 0.15) is 6.92 Å². The third-order valence-electron chi connectivity index (χ3n) is 2.22. The molecule has 0 aliphatic carbocycles. The second-order valence-corrected chi connectivity index (χ2v) is 4.15. The van der Waals surface area contributed by atoms with Gasteiger partial charge in [0.15, 0.2) is 0 Å². The molecule has 0 bridgehead atoms. The van der Waals surface area contributed by atoms with Gasteiger partial charge in [-0.05, 0) is 6.92 Å². The highest BCUT2D eigenvalue weighted by Gasteiger charge is 2.26. The van der Waals surface area contributed by atoms with E-state index in [9.17, 15) is 4.79 Å². The number of carboxylic acid groups (broad SMARTS) is 1. The number of hydrogen-bond acceptors (Lipinski definition) is 6. The summed E-state index contributed by atoms with van der Waals surface area (Å²) in [6, 6.07) is 0. The molecule has 0 saturated carbocycles. The van der Waals surface area contributed by atoms with E-state index in [1.165, 1.54) is 6.92 Å². The topological polar surface area (TPSA) is 101 Å². The first kappa shape index (κ1) is 15.9. The Kier molecular flexibility index (Phi) is 7.42. The first-order valence-electron chi connectivity index (χ1n) is 6.07. The van der Waals surface area contributed by atoms with Crippen molar-refractivity contribution in [2.45, 2.75) is 19.1 Å². The summed E-state index contributed by atoms with van der Waals surface area (Å²) >= 11 is 0. The number of ether oxygens (including phenoxy) is 4. The minimum atomic E-state index is -1.02. The van der Waals surface area contributed by atoms with Crippen LogP contribution < -0.4 is 0 Å². The van der Waals surface area contributed by atoms with Crippen LogP contribution in [0.25, 0.3) is 0 Å². The molecule has 2 N–H and O–H groups in total. The Morgan fingerprint density at radius 2 is 1.84 bits per heavy atom. The van der Waals surface area contributed by atoms with E-state index in [4.69, 9.17) is 24.4 Å². The van der Waals surface area contributed by atoms with Gasteiger partial charge in [-0.3, -0.25) is 0 Å². The lowest BCUT2D eigenvalue weighted by molar-refractivity contribution is -0.132. The Morgan fingerprint density at radius 1 is 1.32 bits per heavy atom. The molecule has 2 rings (SSSR count). The number of rotatable bonds is 8. The summed E-state index contributed by atoms with van der Waals surface area (Å²) in [5.41, 5.74) is 0.119.